The van der Waals surface area contributed by atoms with Crippen molar-refractivity contribution in [1.82, 2.24) is 4.90 Å². The molecule has 0 bridgehead atoms. The molecule has 0 atom stereocenters. The van der Waals surface area contributed by atoms with Crippen LogP contribution in [0.25, 0.3) is 0 Å². The maximum absolute atomic E-state index is 12.2. The number of rotatable bonds is 6. The molecule has 1 amide bonds. The van der Waals surface area contributed by atoms with Gasteiger partial charge in [-0.3, -0.25) is 4.79 Å². The molecule has 2 N–H and O–H groups in total. The predicted molar refractivity (Wildman–Crippen MR) is 67.8 cm³/mol. The molecule has 19 heavy (non-hydrogen) atoms. The van der Waals surface area contributed by atoms with Crippen molar-refractivity contribution in [2.24, 2.45) is 0 Å². The van der Waals surface area contributed by atoms with Gasteiger partial charge in [0.25, 0.3) is 5.91 Å². The summed E-state index contributed by atoms with van der Waals surface area (Å²) in [5, 5.41) is 27.3. The second-order valence-electron chi connectivity index (χ2n) is 3.93. The van der Waals surface area contributed by atoms with E-state index in [1.807, 2.05) is 6.07 Å². The summed E-state index contributed by atoms with van der Waals surface area (Å²) in [6, 6.07) is 5.66. The quantitative estimate of drug-likeness (QED) is 0.802. The number of methoxy groups -OCH3 is 1. The first-order valence-electron chi connectivity index (χ1n) is 5.76. The van der Waals surface area contributed by atoms with Gasteiger partial charge >= 0.3 is 0 Å². The largest absolute Gasteiger partial charge is 0.508 e. The van der Waals surface area contributed by atoms with Gasteiger partial charge in [-0.25, -0.2) is 0 Å². The van der Waals surface area contributed by atoms with Crippen LogP contribution in [0, 0.1) is 11.3 Å². The van der Waals surface area contributed by atoms with Gasteiger partial charge in [0, 0.05) is 31.8 Å². The van der Waals surface area contributed by atoms with Gasteiger partial charge in [-0.2, -0.15) is 5.26 Å². The van der Waals surface area contributed by atoms with Crippen LogP contribution in [-0.2, 0) is 4.74 Å². The van der Waals surface area contributed by atoms with Gasteiger partial charge in [0.1, 0.15) is 11.5 Å². The Morgan fingerprint density at radius 2 is 1.95 bits per heavy atom. The van der Waals surface area contributed by atoms with Gasteiger partial charge in [-0.1, -0.05) is 0 Å². The highest BCUT2D eigenvalue weighted by molar-refractivity contribution is 5.95. The minimum atomic E-state index is -0.363. The first kappa shape index (κ1) is 14.8. The molecule has 0 heterocycles. The number of nitrogens with zero attached hydrogens (tertiary/aromatic N) is 2. The lowest BCUT2D eigenvalue weighted by atomic mass is 10.1. The van der Waals surface area contributed by atoms with Gasteiger partial charge in [0.05, 0.1) is 19.1 Å². The Morgan fingerprint density at radius 3 is 2.47 bits per heavy atom. The zero-order valence-electron chi connectivity index (χ0n) is 10.7. The highest BCUT2D eigenvalue weighted by Gasteiger charge is 2.16. The normalized spacial score (nSPS) is 9.89. The van der Waals surface area contributed by atoms with Crippen LogP contribution < -0.4 is 0 Å². The summed E-state index contributed by atoms with van der Waals surface area (Å²) in [5.74, 6) is -0.732. The highest BCUT2D eigenvalue weighted by Crippen LogP contribution is 2.21. The van der Waals surface area contributed by atoms with Crippen molar-refractivity contribution in [2.45, 2.75) is 6.42 Å². The van der Waals surface area contributed by atoms with Crippen molar-refractivity contribution < 1.29 is 19.7 Å². The van der Waals surface area contributed by atoms with Gasteiger partial charge in [0.15, 0.2) is 0 Å². The molecule has 6 nitrogen and oxygen atoms in total. The molecule has 0 aromatic heterocycles. The summed E-state index contributed by atoms with van der Waals surface area (Å²) in [4.78, 5) is 13.6. The Bertz CT molecular complexity index is 462. The number of hydrogen-bond donors (Lipinski definition) is 2. The first-order valence-corrected chi connectivity index (χ1v) is 5.76. The fourth-order valence-corrected chi connectivity index (χ4v) is 1.60. The van der Waals surface area contributed by atoms with Crippen molar-refractivity contribution >= 4 is 5.91 Å². The van der Waals surface area contributed by atoms with Crippen LogP contribution in [0.3, 0.4) is 0 Å². The standard InChI is InChI=1S/C13H16N2O4/c1-19-6-5-15(4-2-3-14)13(18)10-7-11(16)9-12(17)8-10/h7-9,16-17H,2,4-6H2,1H3. The molecule has 0 aliphatic carbocycles. The molecule has 0 spiro atoms. The first-order chi connectivity index (χ1) is 9.08. The van der Waals surface area contributed by atoms with Crippen molar-refractivity contribution in [1.29, 1.82) is 5.26 Å². The molecule has 0 saturated carbocycles. The van der Waals surface area contributed by atoms with Gasteiger partial charge in [-0.05, 0) is 12.1 Å². The summed E-state index contributed by atoms with van der Waals surface area (Å²) in [7, 11) is 1.52. The number of phenolic OH excluding ortho intramolecular Hbond substituents is 2. The fraction of sp³-hybridized carbons (Fsp3) is 0.385. The van der Waals surface area contributed by atoms with E-state index in [4.69, 9.17) is 10.00 Å². The molecule has 1 aromatic rings. The third kappa shape index (κ3) is 4.48. The maximum Gasteiger partial charge on any atom is 0.254 e. The number of hydrogen-bond acceptors (Lipinski definition) is 5. The van der Waals surface area contributed by atoms with Gasteiger partial charge < -0.3 is 19.8 Å². The fourth-order valence-electron chi connectivity index (χ4n) is 1.60. The van der Waals surface area contributed by atoms with Crippen LogP contribution in [0.4, 0.5) is 0 Å². The van der Waals surface area contributed by atoms with Crippen molar-refractivity contribution in [3.05, 3.63) is 23.8 Å². The number of phenols is 2. The average molecular weight is 264 g/mol. The number of aromatic hydroxyl groups is 2. The van der Waals surface area contributed by atoms with Crippen LogP contribution in [0.5, 0.6) is 11.5 Å². The molecule has 0 radical (unpaired) electrons. The van der Waals surface area contributed by atoms with Crippen LogP contribution in [0.1, 0.15) is 16.8 Å². The number of ether oxygens (including phenoxy) is 1. The summed E-state index contributed by atoms with van der Waals surface area (Å²) >= 11 is 0. The number of amides is 1. The Labute approximate surface area is 111 Å². The van der Waals surface area contributed by atoms with E-state index in [9.17, 15) is 15.0 Å². The van der Waals surface area contributed by atoms with Crippen molar-refractivity contribution in [2.75, 3.05) is 26.8 Å². The molecule has 1 rings (SSSR count). The average Bonchev–Trinajstić information content (AvgIpc) is 2.37. The lowest BCUT2D eigenvalue weighted by Crippen LogP contribution is -2.34. The van der Waals surface area contributed by atoms with Crippen LogP contribution in [0.15, 0.2) is 18.2 Å². The van der Waals surface area contributed by atoms with E-state index in [2.05, 4.69) is 0 Å². The molecular weight excluding hydrogens is 248 g/mol. The summed E-state index contributed by atoms with van der Waals surface area (Å²) in [6.07, 6.45) is 0.209. The van der Waals surface area contributed by atoms with E-state index in [1.54, 1.807) is 0 Å². The van der Waals surface area contributed by atoms with E-state index in [0.29, 0.717) is 13.2 Å². The van der Waals surface area contributed by atoms with E-state index < -0.39 is 0 Å². The lowest BCUT2D eigenvalue weighted by Gasteiger charge is -2.21. The maximum atomic E-state index is 12.2. The van der Waals surface area contributed by atoms with Crippen molar-refractivity contribution in [3.63, 3.8) is 0 Å². The number of nitriles is 1. The molecule has 0 unspecified atom stereocenters. The zero-order valence-corrected chi connectivity index (χ0v) is 10.7. The van der Waals surface area contributed by atoms with E-state index in [0.717, 1.165) is 6.07 Å². The second kappa shape index (κ2) is 7.24. The number of carbonyl (C=O) groups is 1. The van der Waals surface area contributed by atoms with Crippen LogP contribution in [0.2, 0.25) is 0 Å². The topological polar surface area (TPSA) is 93.8 Å². The smallest absolute Gasteiger partial charge is 0.254 e. The monoisotopic (exact) mass is 264 g/mol. The summed E-state index contributed by atoms with van der Waals surface area (Å²) < 4.78 is 4.91. The van der Waals surface area contributed by atoms with Gasteiger partial charge in [-0.15, -0.1) is 0 Å². The molecule has 0 saturated heterocycles. The molecule has 6 heteroatoms. The third-order valence-corrected chi connectivity index (χ3v) is 2.50. The SMILES string of the molecule is COCCN(CCC#N)C(=O)c1cc(O)cc(O)c1. The number of carbonyl (C=O) groups excluding carboxylic acids is 1. The molecule has 0 aliphatic rings. The Hall–Kier alpha value is -2.26. The molecule has 0 fully saturated rings. The highest BCUT2D eigenvalue weighted by atomic mass is 16.5. The van der Waals surface area contributed by atoms with Crippen LogP contribution in [-0.4, -0.2) is 47.8 Å². The van der Waals surface area contributed by atoms with E-state index in [-0.39, 0.29) is 35.9 Å². The minimum absolute atomic E-state index is 0.173. The molecular formula is C13H16N2O4. The minimum Gasteiger partial charge on any atom is -0.508 e. The van der Waals surface area contributed by atoms with E-state index in [1.165, 1.54) is 24.1 Å². The third-order valence-electron chi connectivity index (χ3n) is 2.50. The number of benzene rings is 1. The molecule has 0 aliphatic heterocycles. The molecule has 102 valence electrons. The van der Waals surface area contributed by atoms with E-state index >= 15 is 0 Å². The second-order valence-corrected chi connectivity index (χ2v) is 3.93. The summed E-state index contributed by atoms with van der Waals surface area (Å²) in [6.45, 7) is 0.963. The Balaban J connectivity index is 2.87. The zero-order chi connectivity index (χ0) is 14.3. The Kier molecular flexibility index (Phi) is 5.64. The molecule has 1 aromatic carbocycles. The lowest BCUT2D eigenvalue weighted by molar-refractivity contribution is 0.0699. The van der Waals surface area contributed by atoms with Crippen LogP contribution >= 0.6 is 0 Å². The van der Waals surface area contributed by atoms with Crippen molar-refractivity contribution in [3.8, 4) is 17.6 Å². The summed E-state index contributed by atoms with van der Waals surface area (Å²) in [5.41, 5.74) is 0.173. The van der Waals surface area contributed by atoms with Gasteiger partial charge in [0.2, 0.25) is 0 Å². The predicted octanol–water partition coefficient (Wildman–Crippen LogP) is 1.10. The Morgan fingerprint density at radius 1 is 1.32 bits per heavy atom.